The molecule has 0 saturated heterocycles. The number of carbonyl (C=O) groups excluding carboxylic acids is 1. The summed E-state index contributed by atoms with van der Waals surface area (Å²) in [4.78, 5) is 21.7. The molecule has 0 fully saturated rings. The van der Waals surface area contributed by atoms with E-state index < -0.39 is 11.9 Å². The van der Waals surface area contributed by atoms with E-state index in [9.17, 15) is 4.79 Å². The molecule has 0 saturated carbocycles. The van der Waals surface area contributed by atoms with Gasteiger partial charge in [0.15, 0.2) is 5.82 Å². The highest BCUT2D eigenvalue weighted by Gasteiger charge is 2.30. The largest absolute Gasteiger partial charge is 0.447 e. The lowest BCUT2D eigenvalue weighted by Crippen LogP contribution is -2.16. The molecule has 0 spiro atoms. The molecular weight excluding hydrogens is 469 g/mol. The zero-order valence-corrected chi connectivity index (χ0v) is 20.6. The first-order chi connectivity index (χ1) is 17.0. The first-order valence-corrected chi connectivity index (χ1v) is 11.8. The highest BCUT2D eigenvalue weighted by molar-refractivity contribution is 7.15. The van der Waals surface area contributed by atoms with Crippen LogP contribution in [0.4, 0.5) is 14.9 Å². The molecule has 182 valence electrons. The molecule has 0 radical (unpaired) electrons. The molecule has 0 unspecified atom stereocenters. The van der Waals surface area contributed by atoms with Crippen molar-refractivity contribution in [2.24, 2.45) is 4.99 Å². The predicted molar refractivity (Wildman–Crippen MR) is 136 cm³/mol. The van der Waals surface area contributed by atoms with Crippen molar-refractivity contribution in [3.05, 3.63) is 64.7 Å². The van der Waals surface area contributed by atoms with E-state index in [1.807, 2.05) is 13.0 Å². The van der Waals surface area contributed by atoms with Crippen molar-refractivity contribution in [3.63, 3.8) is 0 Å². The molecule has 4 rings (SSSR count). The van der Waals surface area contributed by atoms with Crippen molar-refractivity contribution >= 4 is 34.9 Å². The van der Waals surface area contributed by atoms with E-state index in [2.05, 4.69) is 21.9 Å². The van der Waals surface area contributed by atoms with Crippen LogP contribution in [-0.2, 0) is 22.3 Å². The number of carbonyl (C=O) groups is 1. The van der Waals surface area contributed by atoms with Crippen LogP contribution in [0.2, 0.25) is 0 Å². The summed E-state index contributed by atoms with van der Waals surface area (Å²) in [6.45, 7) is 6.14. The zero-order valence-electron chi connectivity index (χ0n) is 19.8. The number of aliphatic imine (C=N–C) groups is 1. The van der Waals surface area contributed by atoms with E-state index in [1.165, 1.54) is 13.2 Å². The third-order valence-electron chi connectivity index (χ3n) is 5.40. The molecule has 1 amide bonds. The van der Waals surface area contributed by atoms with Gasteiger partial charge in [-0.05, 0) is 38.0 Å². The van der Waals surface area contributed by atoms with E-state index in [0.29, 0.717) is 0 Å². The quantitative estimate of drug-likeness (QED) is 0.270. The minimum absolute atomic E-state index is 0.101. The van der Waals surface area contributed by atoms with Crippen molar-refractivity contribution in [1.29, 1.82) is 0 Å². The van der Waals surface area contributed by atoms with E-state index >= 15 is 4.39 Å². The third kappa shape index (κ3) is 5.08. The highest BCUT2D eigenvalue weighted by atomic mass is 32.1. The summed E-state index contributed by atoms with van der Waals surface area (Å²) in [5.41, 5.74) is 4.88. The Balaban J connectivity index is 1.78. The standard InChI is InChI=1S/C25H26FN5O3S/c1-5-6-16(14-27-3)22-18-8-9-20-24(35-15(2)28-20)23(18)31(30-22)21-10-7-17(13-19(21)26)29-25(32)34-12-11-33-4/h5-7,10,13-14H,1,8-9,11-12H2,2-4H3,(H,29,32)/b16-6+,27-14?. The fourth-order valence-electron chi connectivity index (χ4n) is 3.97. The van der Waals surface area contributed by atoms with Crippen LogP contribution in [0.25, 0.3) is 21.8 Å². The molecule has 0 atom stereocenters. The van der Waals surface area contributed by atoms with Crippen LogP contribution < -0.4 is 5.32 Å². The molecule has 3 aromatic rings. The number of rotatable bonds is 8. The first kappa shape index (κ1) is 24.5. The van der Waals surface area contributed by atoms with Gasteiger partial charge in [0.25, 0.3) is 0 Å². The molecule has 0 bridgehead atoms. The molecule has 2 aromatic heterocycles. The Morgan fingerprint density at radius 1 is 1.37 bits per heavy atom. The highest BCUT2D eigenvalue weighted by Crippen LogP contribution is 2.42. The van der Waals surface area contributed by atoms with Crippen LogP contribution in [0.3, 0.4) is 0 Å². The second-order valence-corrected chi connectivity index (χ2v) is 8.96. The molecule has 10 heteroatoms. The SMILES string of the molecule is C=C/C=C(\C=NC)c1nn(-c2ccc(NC(=O)OCCOC)cc2F)c2c1CCc1nc(C)sc1-2. The summed E-state index contributed by atoms with van der Waals surface area (Å²) in [5, 5.41) is 8.30. The van der Waals surface area contributed by atoms with Crippen LogP contribution >= 0.6 is 11.3 Å². The molecule has 1 aromatic carbocycles. The van der Waals surface area contributed by atoms with E-state index in [1.54, 1.807) is 47.5 Å². The van der Waals surface area contributed by atoms with Crippen molar-refractivity contribution in [3.8, 4) is 16.3 Å². The number of aromatic nitrogens is 3. The Hall–Kier alpha value is -3.63. The summed E-state index contributed by atoms with van der Waals surface area (Å²) in [6, 6.07) is 4.44. The van der Waals surface area contributed by atoms with Gasteiger partial charge in [-0.15, -0.1) is 11.3 Å². The van der Waals surface area contributed by atoms with Crippen LogP contribution in [0.5, 0.6) is 0 Å². The van der Waals surface area contributed by atoms with Crippen molar-refractivity contribution in [2.45, 2.75) is 19.8 Å². The molecule has 0 aliphatic heterocycles. The average molecular weight is 496 g/mol. The van der Waals surface area contributed by atoms with Gasteiger partial charge >= 0.3 is 6.09 Å². The molecule has 1 aliphatic rings. The van der Waals surface area contributed by atoms with E-state index in [-0.39, 0.29) is 24.6 Å². The van der Waals surface area contributed by atoms with Gasteiger partial charge in [0.05, 0.1) is 33.6 Å². The fourth-order valence-corrected chi connectivity index (χ4v) is 5.00. The van der Waals surface area contributed by atoms with Gasteiger partial charge in [0.1, 0.15) is 12.3 Å². The number of benzene rings is 1. The number of ether oxygens (including phenoxy) is 2. The van der Waals surface area contributed by atoms with Crippen LogP contribution in [0.15, 0.2) is 41.9 Å². The smallest absolute Gasteiger partial charge is 0.411 e. The first-order valence-electron chi connectivity index (χ1n) is 11.0. The number of amides is 1. The number of halogens is 1. The summed E-state index contributed by atoms with van der Waals surface area (Å²) >= 11 is 1.57. The van der Waals surface area contributed by atoms with Gasteiger partial charge in [-0.25, -0.2) is 18.9 Å². The number of fused-ring (bicyclic) bond motifs is 3. The second-order valence-electron chi connectivity index (χ2n) is 7.76. The number of aryl methyl sites for hydroxylation is 2. The maximum atomic E-state index is 15.4. The number of anilines is 1. The van der Waals surface area contributed by atoms with Gasteiger partial charge in [-0.2, -0.15) is 5.10 Å². The average Bonchev–Trinajstić information content (AvgIpc) is 3.39. The van der Waals surface area contributed by atoms with E-state index in [4.69, 9.17) is 14.6 Å². The Labute approximate surface area is 206 Å². The van der Waals surface area contributed by atoms with Crippen LogP contribution in [-0.4, -0.2) is 54.4 Å². The number of allylic oxidation sites excluding steroid dienone is 3. The summed E-state index contributed by atoms with van der Waals surface area (Å²) in [7, 11) is 3.20. The summed E-state index contributed by atoms with van der Waals surface area (Å²) in [6.07, 6.45) is 6.07. The minimum Gasteiger partial charge on any atom is -0.447 e. The maximum absolute atomic E-state index is 15.4. The molecular formula is C25H26FN5O3S. The topological polar surface area (TPSA) is 90.6 Å². The lowest BCUT2D eigenvalue weighted by molar-refractivity contribution is 0.107. The molecule has 8 nitrogen and oxygen atoms in total. The van der Waals surface area contributed by atoms with Gasteiger partial charge in [-0.3, -0.25) is 10.3 Å². The normalized spacial score (nSPS) is 13.0. The Morgan fingerprint density at radius 2 is 2.20 bits per heavy atom. The lowest BCUT2D eigenvalue weighted by atomic mass is 9.95. The molecule has 35 heavy (non-hydrogen) atoms. The third-order valence-corrected chi connectivity index (χ3v) is 6.42. The van der Waals surface area contributed by atoms with Crippen molar-refractivity contribution < 1.29 is 18.7 Å². The number of nitrogens with zero attached hydrogens (tertiary/aromatic N) is 4. The number of methoxy groups -OCH3 is 1. The minimum atomic E-state index is -0.684. The van der Waals surface area contributed by atoms with Crippen molar-refractivity contribution in [1.82, 2.24) is 14.8 Å². The van der Waals surface area contributed by atoms with Gasteiger partial charge in [-0.1, -0.05) is 18.7 Å². The number of hydrogen-bond donors (Lipinski definition) is 1. The zero-order chi connectivity index (χ0) is 24.9. The Bertz CT molecular complexity index is 1320. The fraction of sp³-hybridized carbons (Fsp3) is 0.280. The van der Waals surface area contributed by atoms with Gasteiger partial charge < -0.3 is 9.47 Å². The number of nitrogens with one attached hydrogen (secondary N) is 1. The van der Waals surface area contributed by atoms with Crippen molar-refractivity contribution in [2.75, 3.05) is 32.7 Å². The number of thiazole rings is 1. The molecule has 2 heterocycles. The van der Waals surface area contributed by atoms with E-state index in [0.717, 1.165) is 50.9 Å². The predicted octanol–water partition coefficient (Wildman–Crippen LogP) is 5.01. The Morgan fingerprint density at radius 3 is 2.91 bits per heavy atom. The molecule has 1 aliphatic carbocycles. The lowest BCUT2D eigenvalue weighted by Gasteiger charge is -2.15. The number of hydrogen-bond acceptors (Lipinski definition) is 7. The maximum Gasteiger partial charge on any atom is 0.411 e. The summed E-state index contributed by atoms with van der Waals surface area (Å²) < 4.78 is 26.9. The molecule has 1 N–H and O–H groups in total. The Kier molecular flexibility index (Phi) is 7.52. The monoisotopic (exact) mass is 495 g/mol. The van der Waals surface area contributed by atoms with Crippen LogP contribution in [0, 0.1) is 12.7 Å². The second kappa shape index (κ2) is 10.7. The van der Waals surface area contributed by atoms with Gasteiger partial charge in [0, 0.05) is 37.2 Å². The van der Waals surface area contributed by atoms with Gasteiger partial charge in [0.2, 0.25) is 0 Å². The van der Waals surface area contributed by atoms with Crippen LogP contribution in [0.1, 0.15) is 22.0 Å². The summed E-state index contributed by atoms with van der Waals surface area (Å²) in [5.74, 6) is -0.539.